The molecule has 1 aliphatic heterocycles. The van der Waals surface area contributed by atoms with Crippen LogP contribution in [0.4, 0.5) is 5.69 Å². The number of fused-ring (bicyclic) bond motifs is 1. The number of carbonyl (C=O) groups excluding carboxylic acids is 1. The van der Waals surface area contributed by atoms with E-state index in [1.807, 2.05) is 32.0 Å². The normalized spacial score (nSPS) is 15.3. The number of hydrogen-bond donors (Lipinski definition) is 1. The van der Waals surface area contributed by atoms with Crippen LogP contribution in [0.15, 0.2) is 18.2 Å². The van der Waals surface area contributed by atoms with Crippen LogP contribution >= 0.6 is 0 Å². The van der Waals surface area contributed by atoms with Crippen LogP contribution in [0.25, 0.3) is 0 Å². The van der Waals surface area contributed by atoms with Crippen molar-refractivity contribution in [3.63, 3.8) is 0 Å². The molecule has 1 amide bonds. The second-order valence-corrected chi connectivity index (χ2v) is 5.53. The van der Waals surface area contributed by atoms with Crippen molar-refractivity contribution >= 4 is 11.6 Å². The molecule has 0 aromatic heterocycles. The molecule has 1 heterocycles. The van der Waals surface area contributed by atoms with Gasteiger partial charge in [0.25, 0.3) is 5.91 Å². The second-order valence-electron chi connectivity index (χ2n) is 5.53. The van der Waals surface area contributed by atoms with Crippen LogP contribution in [0.5, 0.6) is 5.75 Å². The Hall–Kier alpha value is -1.55. The molecule has 1 aromatic carbocycles. The van der Waals surface area contributed by atoms with Gasteiger partial charge in [0.1, 0.15) is 5.75 Å². The van der Waals surface area contributed by atoms with Gasteiger partial charge in [0.05, 0.1) is 5.69 Å². The van der Waals surface area contributed by atoms with Gasteiger partial charge in [-0.05, 0) is 44.4 Å². The first-order valence-corrected chi connectivity index (χ1v) is 6.18. The predicted molar refractivity (Wildman–Crippen MR) is 71.9 cm³/mol. The topological polar surface area (TPSA) is 55.6 Å². The lowest BCUT2D eigenvalue weighted by Crippen LogP contribution is -2.35. The third-order valence-corrected chi connectivity index (χ3v) is 3.17. The van der Waals surface area contributed by atoms with Crippen LogP contribution in [0.3, 0.4) is 0 Å². The lowest BCUT2D eigenvalue weighted by molar-refractivity contribution is -0.120. The average molecular weight is 248 g/mol. The summed E-state index contributed by atoms with van der Waals surface area (Å²) < 4.78 is 5.39. The number of carbonyl (C=O) groups is 1. The zero-order valence-corrected chi connectivity index (χ0v) is 11.2. The van der Waals surface area contributed by atoms with Crippen LogP contribution in [0.2, 0.25) is 0 Å². The number of rotatable bonds is 3. The summed E-state index contributed by atoms with van der Waals surface area (Å²) in [5.41, 5.74) is 7.83. The highest BCUT2D eigenvalue weighted by molar-refractivity contribution is 5.97. The maximum absolute atomic E-state index is 11.6. The summed E-state index contributed by atoms with van der Waals surface area (Å²) in [7, 11) is 1.78. The summed E-state index contributed by atoms with van der Waals surface area (Å²) in [6.45, 7) is 4.16. The number of benzene rings is 1. The Morgan fingerprint density at radius 3 is 2.83 bits per heavy atom. The van der Waals surface area contributed by atoms with Gasteiger partial charge < -0.3 is 15.4 Å². The highest BCUT2D eigenvalue weighted by Crippen LogP contribution is 2.32. The Balaban J connectivity index is 2.18. The molecule has 0 bridgehead atoms. The van der Waals surface area contributed by atoms with Crippen LogP contribution < -0.4 is 15.4 Å². The summed E-state index contributed by atoms with van der Waals surface area (Å²) in [5.74, 6) is 0.756. The van der Waals surface area contributed by atoms with Crippen molar-refractivity contribution in [2.75, 3.05) is 18.6 Å². The van der Waals surface area contributed by atoms with E-state index in [1.54, 1.807) is 11.9 Å². The van der Waals surface area contributed by atoms with E-state index in [-0.39, 0.29) is 18.1 Å². The quantitative estimate of drug-likeness (QED) is 0.886. The molecule has 0 fully saturated rings. The van der Waals surface area contributed by atoms with E-state index >= 15 is 0 Å². The Morgan fingerprint density at radius 2 is 2.17 bits per heavy atom. The Bertz CT molecular complexity index is 463. The summed E-state index contributed by atoms with van der Waals surface area (Å²) in [5, 5.41) is 0. The standard InChI is InChI=1S/C14H20N2O2/c1-14(2,15)7-6-10-4-5-12-11(8-10)16(3)13(17)9-18-12/h4-5,8H,6-7,9,15H2,1-3H3. The molecule has 2 rings (SSSR count). The zero-order chi connectivity index (χ0) is 13.3. The van der Waals surface area contributed by atoms with Gasteiger partial charge in [-0.25, -0.2) is 0 Å². The molecule has 2 N–H and O–H groups in total. The van der Waals surface area contributed by atoms with Crippen molar-refractivity contribution in [3.05, 3.63) is 23.8 Å². The first kappa shape index (κ1) is 12.9. The SMILES string of the molecule is CN1C(=O)COc2ccc(CCC(C)(C)N)cc21. The van der Waals surface area contributed by atoms with Crippen molar-refractivity contribution in [1.82, 2.24) is 0 Å². The van der Waals surface area contributed by atoms with Gasteiger partial charge in [0.15, 0.2) is 6.61 Å². The molecule has 0 saturated heterocycles. The highest BCUT2D eigenvalue weighted by Gasteiger charge is 2.22. The first-order chi connectivity index (χ1) is 8.37. The fourth-order valence-corrected chi connectivity index (χ4v) is 1.94. The number of aryl methyl sites for hydroxylation is 1. The third kappa shape index (κ3) is 2.82. The molecule has 0 radical (unpaired) electrons. The van der Waals surface area contributed by atoms with Gasteiger partial charge in [0, 0.05) is 12.6 Å². The number of nitrogens with zero attached hydrogens (tertiary/aromatic N) is 1. The van der Waals surface area contributed by atoms with Crippen molar-refractivity contribution in [3.8, 4) is 5.75 Å². The van der Waals surface area contributed by atoms with Gasteiger partial charge in [-0.2, -0.15) is 0 Å². The fraction of sp³-hybridized carbons (Fsp3) is 0.500. The monoisotopic (exact) mass is 248 g/mol. The average Bonchev–Trinajstić information content (AvgIpc) is 2.31. The zero-order valence-electron chi connectivity index (χ0n) is 11.2. The molecule has 0 atom stereocenters. The molecule has 0 saturated carbocycles. The minimum absolute atomic E-state index is 0.0150. The number of likely N-dealkylation sites (N-methyl/N-ethyl adjacent to an activating group) is 1. The molecule has 18 heavy (non-hydrogen) atoms. The van der Waals surface area contributed by atoms with Crippen molar-refractivity contribution in [2.24, 2.45) is 5.73 Å². The van der Waals surface area contributed by atoms with E-state index in [4.69, 9.17) is 10.5 Å². The maximum Gasteiger partial charge on any atom is 0.264 e. The van der Waals surface area contributed by atoms with Crippen LogP contribution in [-0.2, 0) is 11.2 Å². The number of nitrogens with two attached hydrogens (primary N) is 1. The minimum Gasteiger partial charge on any atom is -0.482 e. The summed E-state index contributed by atoms with van der Waals surface area (Å²) >= 11 is 0. The molecule has 98 valence electrons. The molecule has 0 unspecified atom stereocenters. The van der Waals surface area contributed by atoms with Crippen LogP contribution in [-0.4, -0.2) is 25.1 Å². The molecule has 4 nitrogen and oxygen atoms in total. The molecular formula is C14H20N2O2. The van der Waals surface area contributed by atoms with Crippen LogP contribution in [0.1, 0.15) is 25.8 Å². The van der Waals surface area contributed by atoms with Crippen molar-refractivity contribution in [2.45, 2.75) is 32.2 Å². The number of anilines is 1. The number of amides is 1. The second kappa shape index (κ2) is 4.61. The van der Waals surface area contributed by atoms with Gasteiger partial charge in [-0.1, -0.05) is 6.07 Å². The Kier molecular flexibility index (Phi) is 3.30. The predicted octanol–water partition coefficient (Wildman–Crippen LogP) is 1.71. The lowest BCUT2D eigenvalue weighted by atomic mass is 9.96. The first-order valence-electron chi connectivity index (χ1n) is 6.18. The Morgan fingerprint density at radius 1 is 1.44 bits per heavy atom. The van der Waals surface area contributed by atoms with E-state index in [1.165, 1.54) is 5.56 Å². The van der Waals surface area contributed by atoms with E-state index in [0.717, 1.165) is 24.3 Å². The molecule has 0 aliphatic carbocycles. The molecule has 0 spiro atoms. The van der Waals surface area contributed by atoms with Gasteiger partial charge in [0.2, 0.25) is 0 Å². The number of ether oxygens (including phenoxy) is 1. The van der Waals surface area contributed by atoms with E-state index in [9.17, 15) is 4.79 Å². The number of hydrogen-bond acceptors (Lipinski definition) is 3. The summed E-state index contributed by atoms with van der Waals surface area (Å²) in [4.78, 5) is 13.2. The van der Waals surface area contributed by atoms with Gasteiger partial charge >= 0.3 is 0 Å². The molecule has 1 aliphatic rings. The summed E-state index contributed by atoms with van der Waals surface area (Å²) in [6.07, 6.45) is 1.81. The smallest absolute Gasteiger partial charge is 0.264 e. The van der Waals surface area contributed by atoms with Crippen molar-refractivity contribution < 1.29 is 9.53 Å². The van der Waals surface area contributed by atoms with Gasteiger partial charge in [-0.15, -0.1) is 0 Å². The molecule has 4 heteroatoms. The molecule has 1 aromatic rings. The van der Waals surface area contributed by atoms with Gasteiger partial charge in [-0.3, -0.25) is 4.79 Å². The van der Waals surface area contributed by atoms with Crippen LogP contribution in [0, 0.1) is 0 Å². The van der Waals surface area contributed by atoms with Crippen molar-refractivity contribution in [1.29, 1.82) is 0 Å². The van der Waals surface area contributed by atoms with E-state index < -0.39 is 0 Å². The largest absolute Gasteiger partial charge is 0.482 e. The third-order valence-electron chi connectivity index (χ3n) is 3.17. The van der Waals surface area contributed by atoms with E-state index in [0.29, 0.717) is 0 Å². The van der Waals surface area contributed by atoms with E-state index in [2.05, 4.69) is 0 Å². The molecular weight excluding hydrogens is 228 g/mol. The fourth-order valence-electron chi connectivity index (χ4n) is 1.94. The Labute approximate surface area is 108 Å². The summed E-state index contributed by atoms with van der Waals surface area (Å²) in [6, 6.07) is 5.98. The highest BCUT2D eigenvalue weighted by atomic mass is 16.5. The lowest BCUT2D eigenvalue weighted by Gasteiger charge is -2.26. The minimum atomic E-state index is -0.172. The maximum atomic E-state index is 11.6.